The second kappa shape index (κ2) is 33.4. The minimum atomic E-state index is -2.23. The fourth-order valence-corrected chi connectivity index (χ4v) is 11.6. The Morgan fingerprint density at radius 1 is 0.694 bits per heavy atom. The maximum Gasteiger partial charge on any atom is 0.261 e. The van der Waals surface area contributed by atoms with E-state index >= 15 is 0 Å². The van der Waals surface area contributed by atoms with Crippen molar-refractivity contribution in [3.63, 3.8) is 0 Å². The van der Waals surface area contributed by atoms with Crippen molar-refractivity contribution in [2.24, 2.45) is 11.7 Å². The average Bonchev–Trinajstić information content (AvgIpc) is 1.79. The van der Waals surface area contributed by atoms with Gasteiger partial charge in [0.15, 0.2) is 11.5 Å². The summed E-state index contributed by atoms with van der Waals surface area (Å²) >= 11 is 0.0521. The molecule has 8 amide bonds. The number of carbonyl (C=O) groups excluding carboxylic acids is 8. The zero-order chi connectivity index (χ0) is 70.3. The number of amides is 8. The van der Waals surface area contributed by atoms with Gasteiger partial charge >= 0.3 is 0 Å². The van der Waals surface area contributed by atoms with Gasteiger partial charge < -0.3 is 95.9 Å². The summed E-state index contributed by atoms with van der Waals surface area (Å²) in [5, 5.41) is 111. The van der Waals surface area contributed by atoms with Gasteiger partial charge in [0.05, 0.1) is 56.3 Å². The molecule has 4 heterocycles. The number of aliphatic hydroxyl groups is 6. The van der Waals surface area contributed by atoms with Crippen LogP contribution in [-0.4, -0.2) is 214 Å². The van der Waals surface area contributed by atoms with E-state index in [1.54, 1.807) is 0 Å². The molecule has 0 spiro atoms. The summed E-state index contributed by atoms with van der Waals surface area (Å²) in [7, 11) is 0. The summed E-state index contributed by atoms with van der Waals surface area (Å²) in [5.74, 6) is -9.48. The summed E-state index contributed by atoms with van der Waals surface area (Å²) in [6.45, 7) is 1.79. The van der Waals surface area contributed by atoms with Gasteiger partial charge in [0, 0.05) is 67.9 Å². The first kappa shape index (κ1) is 72.5. The van der Waals surface area contributed by atoms with Gasteiger partial charge in [0.25, 0.3) is 18.2 Å². The van der Waals surface area contributed by atoms with E-state index in [2.05, 4.69) is 46.2 Å². The molecule has 13 unspecified atom stereocenters. The van der Waals surface area contributed by atoms with E-state index in [0.29, 0.717) is 36.5 Å². The van der Waals surface area contributed by atoms with Crippen molar-refractivity contribution in [3.8, 4) is 57.0 Å². The first-order chi connectivity index (χ1) is 47.0. The molecule has 3 fully saturated rings. The lowest BCUT2D eigenvalue weighted by Crippen LogP contribution is -2.64. The zero-order valence-corrected chi connectivity index (χ0v) is 53.5. The maximum atomic E-state index is 14.7. The highest BCUT2D eigenvalue weighted by Gasteiger charge is 2.50. The normalized spacial score (nSPS) is 23.7. The molecule has 9 rings (SSSR count). The standard InChI is InChI=1S/C65H74N10O22S/c1-33-31-75-55(56(33)83)61(88)67-30-41(77)27-45(68-57(84)38-12-16-40(17-13-38)63-73-72-62(94-63)39-14-10-36(11-15-39)37-18-20-44(21-19-37)93-24-6-23-92-43-7-4-3-5-8-43)58(85)69-52(34(2)76)64(89)74-32-42(78)28-46(74)59(86)70-53(60(87)71-54(65(75)90)49(81)29-51(66)82)48(80)25-35-9-22-47(79)50(26-35)95-98-97-96-91/h3-5,7-22,26,33-34,41-42,45-46,48-49,52-56,76-81,83,91H,6,23-25,27-32H2,1-2H3,(H2,66,82)(H,67,88)(H,68,84)(H,69,85)(H,70,86)(H,71,87). The van der Waals surface area contributed by atoms with Gasteiger partial charge in [-0.25, -0.2) is 5.26 Å². The van der Waals surface area contributed by atoms with Crippen LogP contribution >= 0.6 is 12.3 Å². The van der Waals surface area contributed by atoms with Crippen molar-refractivity contribution >= 4 is 59.6 Å². The van der Waals surface area contributed by atoms with Crippen LogP contribution in [0.3, 0.4) is 0 Å². The highest BCUT2D eigenvalue weighted by atomic mass is 32.2. The minimum Gasteiger partial charge on any atom is -0.504 e. The number of nitrogens with zero attached hydrogens (tertiary/aromatic N) is 4. The number of hydrogen-bond donors (Lipinski definition) is 14. The van der Waals surface area contributed by atoms with Crippen LogP contribution in [0.2, 0.25) is 0 Å². The number of hydrogen-bond acceptors (Lipinski definition) is 25. The summed E-state index contributed by atoms with van der Waals surface area (Å²) in [4.78, 5) is 115. The number of primary amides is 1. The van der Waals surface area contributed by atoms with E-state index in [9.17, 15) is 74.1 Å². The Morgan fingerprint density at radius 3 is 1.92 bits per heavy atom. The lowest BCUT2D eigenvalue weighted by atomic mass is 9.98. The van der Waals surface area contributed by atoms with Gasteiger partial charge in [-0.15, -0.1) is 10.2 Å². The molecule has 3 aliphatic rings. The van der Waals surface area contributed by atoms with Gasteiger partial charge in [0.1, 0.15) is 47.8 Å². The Balaban J connectivity index is 0.934. The monoisotopic (exact) mass is 1380 g/mol. The molecule has 33 heteroatoms. The molecule has 3 aliphatic heterocycles. The Bertz CT molecular complexity index is 3760. The first-order valence-corrected chi connectivity index (χ1v) is 31.7. The Labute approximate surface area is 563 Å². The van der Waals surface area contributed by atoms with Gasteiger partial charge in [-0.1, -0.05) is 64.8 Å². The predicted molar refractivity (Wildman–Crippen MR) is 342 cm³/mol. The van der Waals surface area contributed by atoms with Crippen molar-refractivity contribution in [2.75, 3.05) is 32.8 Å². The molecule has 98 heavy (non-hydrogen) atoms. The molecule has 6 aromatic rings. The molecule has 0 aliphatic carbocycles. The van der Waals surface area contributed by atoms with Crippen molar-refractivity contribution in [1.29, 1.82) is 0 Å². The average molecular weight is 1380 g/mol. The first-order valence-electron chi connectivity index (χ1n) is 31.0. The number of phenols is 1. The molecule has 32 nitrogen and oxygen atoms in total. The molecule has 1 aromatic heterocycles. The van der Waals surface area contributed by atoms with Crippen LogP contribution in [0.15, 0.2) is 126 Å². The van der Waals surface area contributed by atoms with Crippen LogP contribution in [0.25, 0.3) is 34.0 Å². The molecule has 13 atom stereocenters. The smallest absolute Gasteiger partial charge is 0.261 e. The van der Waals surface area contributed by atoms with Crippen molar-refractivity contribution in [2.45, 2.75) is 119 Å². The number of aromatic hydroxyl groups is 1. The summed E-state index contributed by atoms with van der Waals surface area (Å²) < 4.78 is 27.0. The van der Waals surface area contributed by atoms with Gasteiger partial charge in [-0.3, -0.25) is 38.4 Å². The fourth-order valence-electron chi connectivity index (χ4n) is 11.4. The summed E-state index contributed by atoms with van der Waals surface area (Å²) in [5.41, 5.74) is 8.28. The molecular weight excluding hydrogens is 1300 g/mol. The Kier molecular flexibility index (Phi) is 24.7. The number of ether oxygens (including phenoxy) is 2. The molecular formula is C65H74N10O22S. The van der Waals surface area contributed by atoms with Crippen molar-refractivity contribution in [3.05, 3.63) is 132 Å². The quantitative estimate of drug-likeness (QED) is 0.0181. The van der Waals surface area contributed by atoms with E-state index < -0.39 is 177 Å². The van der Waals surface area contributed by atoms with Crippen molar-refractivity contribution < 1.29 is 107 Å². The van der Waals surface area contributed by atoms with E-state index in [1.807, 2.05) is 78.9 Å². The van der Waals surface area contributed by atoms with Crippen LogP contribution in [0, 0.1) is 5.92 Å². The summed E-state index contributed by atoms with van der Waals surface area (Å²) in [6.07, 6.45) is -13.1. The molecule has 0 radical (unpaired) electrons. The molecule has 3 saturated heterocycles. The van der Waals surface area contributed by atoms with Crippen LogP contribution in [0.5, 0.6) is 23.0 Å². The predicted octanol–water partition coefficient (Wildman–Crippen LogP) is -0.189. The lowest BCUT2D eigenvalue weighted by molar-refractivity contribution is -0.433. The largest absolute Gasteiger partial charge is 0.504 e. The van der Waals surface area contributed by atoms with E-state index in [0.717, 1.165) is 45.7 Å². The van der Waals surface area contributed by atoms with E-state index in [-0.39, 0.29) is 41.0 Å². The van der Waals surface area contributed by atoms with Crippen LogP contribution in [-0.2, 0) is 49.4 Å². The number of aromatic nitrogens is 2. The Morgan fingerprint density at radius 2 is 1.29 bits per heavy atom. The van der Waals surface area contributed by atoms with Gasteiger partial charge in [-0.05, 0) is 96.4 Å². The highest BCUT2D eigenvalue weighted by molar-refractivity contribution is 7.90. The minimum absolute atomic E-state index is 0.0521. The number of rotatable bonds is 22. The second-order valence-corrected chi connectivity index (χ2v) is 24.2. The zero-order valence-electron chi connectivity index (χ0n) is 52.7. The van der Waals surface area contributed by atoms with Gasteiger partial charge in [0.2, 0.25) is 53.1 Å². The van der Waals surface area contributed by atoms with Crippen LogP contribution in [0.1, 0.15) is 55.5 Å². The van der Waals surface area contributed by atoms with E-state index in [1.165, 1.54) is 37.3 Å². The van der Waals surface area contributed by atoms with E-state index in [4.69, 9.17) is 29.1 Å². The molecule has 15 N–H and O–H groups in total. The number of fused-ring (bicyclic) bond motifs is 2. The highest BCUT2D eigenvalue weighted by Crippen LogP contribution is 2.33. The number of aliphatic hydroxyl groups excluding tert-OH is 6. The summed E-state index contributed by atoms with van der Waals surface area (Å²) in [6, 6.07) is 22.0. The Hall–Kier alpha value is -9.81. The molecule has 5 aromatic carbocycles. The number of carbonyl (C=O) groups is 8. The topological polar surface area (TPSA) is 476 Å². The number of nitrogens with two attached hydrogens (primary N) is 1. The van der Waals surface area contributed by atoms with Crippen molar-refractivity contribution in [1.82, 2.24) is 46.6 Å². The third-order valence-electron chi connectivity index (χ3n) is 16.5. The van der Waals surface area contributed by atoms with Crippen LogP contribution in [0.4, 0.5) is 0 Å². The lowest BCUT2D eigenvalue weighted by Gasteiger charge is -2.33. The SMILES string of the molecule is CC(O)C1NC(=O)C(NC(=O)c2ccc(-c3nnc(-c4ccc(-c5ccc(OCCCOc6ccccc6)cc5)cc4)o3)cc2)CC(O)CNC(=O)C2C(O)C(C)CN2C(=O)C(C(O)CC(N)=O)NC(=O)C(C(O)Cc2ccc(O)c(OSOOO)c2)NC(=O)C2CC(O)CN2C1=O. The maximum absolute atomic E-state index is 14.7. The second-order valence-electron chi connectivity index (χ2n) is 23.7. The molecule has 0 saturated carbocycles. The number of β-amino-alcohol motifs (C(OH)–C–C–N with tert-alkyl or cyclic N) is 1. The number of para-hydroxylation sites is 1. The fraction of sp³-hybridized carbons (Fsp3) is 0.385. The molecule has 522 valence electrons. The third-order valence-corrected chi connectivity index (χ3v) is 16.9. The molecule has 0 bridgehead atoms. The number of benzene rings is 5. The third kappa shape index (κ3) is 18.4. The number of phenolic OH excluding ortho intramolecular Hbond substituents is 1. The van der Waals surface area contributed by atoms with Gasteiger partial charge in [-0.2, -0.15) is 0 Å². The number of nitrogens with one attached hydrogen (secondary N) is 5. The van der Waals surface area contributed by atoms with Crippen LogP contribution < -0.4 is 46.0 Å².